The van der Waals surface area contributed by atoms with E-state index in [2.05, 4.69) is 12.2 Å². The second kappa shape index (κ2) is 6.78. The van der Waals surface area contributed by atoms with Gasteiger partial charge in [-0.15, -0.1) is 0 Å². The summed E-state index contributed by atoms with van der Waals surface area (Å²) in [7, 11) is -0.747. The van der Waals surface area contributed by atoms with Gasteiger partial charge in [-0.05, 0) is 18.1 Å². The van der Waals surface area contributed by atoms with Crippen LogP contribution in [-0.4, -0.2) is 27.9 Å². The van der Waals surface area contributed by atoms with Crippen LogP contribution in [-0.2, 0) is 17.4 Å². The maximum Gasteiger partial charge on any atom is 0.0681 e. The van der Waals surface area contributed by atoms with E-state index in [9.17, 15) is 4.21 Å². The standard InChI is InChI=1S/C12H19NO2S/c1-10(13-6-7-16(2)15)12-5-3-4-11(8-12)9-14/h3-5,8,10,13-14H,6-7,9H2,1-2H3. The van der Waals surface area contributed by atoms with Crippen LogP contribution in [0, 0.1) is 0 Å². The van der Waals surface area contributed by atoms with Crippen molar-refractivity contribution in [3.8, 4) is 0 Å². The Morgan fingerprint density at radius 2 is 2.25 bits per heavy atom. The smallest absolute Gasteiger partial charge is 0.0681 e. The van der Waals surface area contributed by atoms with E-state index < -0.39 is 10.8 Å². The Hall–Kier alpha value is -0.710. The molecule has 0 fully saturated rings. The van der Waals surface area contributed by atoms with E-state index in [-0.39, 0.29) is 12.6 Å². The lowest BCUT2D eigenvalue weighted by Crippen LogP contribution is -2.23. The van der Waals surface area contributed by atoms with Crippen LogP contribution in [0.2, 0.25) is 0 Å². The molecule has 0 radical (unpaired) electrons. The quantitative estimate of drug-likeness (QED) is 0.787. The summed E-state index contributed by atoms with van der Waals surface area (Å²) >= 11 is 0. The summed E-state index contributed by atoms with van der Waals surface area (Å²) in [5.74, 6) is 0.671. The summed E-state index contributed by atoms with van der Waals surface area (Å²) in [5.41, 5.74) is 2.07. The molecule has 0 amide bonds. The Bertz CT molecular complexity index is 355. The predicted octanol–water partition coefficient (Wildman–Crippen LogP) is 1.21. The van der Waals surface area contributed by atoms with Gasteiger partial charge in [0, 0.05) is 35.4 Å². The molecule has 0 heterocycles. The minimum atomic E-state index is -0.747. The number of rotatable bonds is 6. The first kappa shape index (κ1) is 13.4. The molecule has 2 unspecified atom stereocenters. The molecule has 1 rings (SSSR count). The zero-order chi connectivity index (χ0) is 12.0. The SMILES string of the molecule is CC(NCCS(C)=O)c1cccc(CO)c1. The summed E-state index contributed by atoms with van der Waals surface area (Å²) in [4.78, 5) is 0. The van der Waals surface area contributed by atoms with Gasteiger partial charge in [-0.25, -0.2) is 0 Å². The van der Waals surface area contributed by atoms with Gasteiger partial charge in [-0.2, -0.15) is 0 Å². The normalized spacial score (nSPS) is 14.7. The molecule has 1 aromatic carbocycles. The van der Waals surface area contributed by atoms with Crippen LogP contribution >= 0.6 is 0 Å². The molecule has 0 aliphatic rings. The first-order chi connectivity index (χ1) is 7.63. The molecule has 3 nitrogen and oxygen atoms in total. The zero-order valence-corrected chi connectivity index (χ0v) is 10.6. The lowest BCUT2D eigenvalue weighted by Gasteiger charge is -2.14. The van der Waals surface area contributed by atoms with Crippen LogP contribution in [0.5, 0.6) is 0 Å². The Balaban J connectivity index is 2.51. The Labute approximate surface area is 99.3 Å². The van der Waals surface area contributed by atoms with Gasteiger partial charge >= 0.3 is 0 Å². The highest BCUT2D eigenvalue weighted by Gasteiger charge is 2.05. The van der Waals surface area contributed by atoms with Crippen molar-refractivity contribution >= 4 is 10.8 Å². The van der Waals surface area contributed by atoms with Crippen molar-refractivity contribution < 1.29 is 9.32 Å². The van der Waals surface area contributed by atoms with Gasteiger partial charge in [0.25, 0.3) is 0 Å². The summed E-state index contributed by atoms with van der Waals surface area (Å²) in [5, 5.41) is 12.3. The molecule has 0 saturated carbocycles. The summed E-state index contributed by atoms with van der Waals surface area (Å²) in [6.07, 6.45) is 1.71. The molecule has 0 aliphatic carbocycles. The van der Waals surface area contributed by atoms with Gasteiger partial charge in [-0.3, -0.25) is 4.21 Å². The second-order valence-electron chi connectivity index (χ2n) is 3.86. The van der Waals surface area contributed by atoms with Crippen LogP contribution in [0.1, 0.15) is 24.1 Å². The zero-order valence-electron chi connectivity index (χ0n) is 9.77. The fourth-order valence-corrected chi connectivity index (χ4v) is 1.90. The molecule has 0 aliphatic heterocycles. The van der Waals surface area contributed by atoms with Crippen molar-refractivity contribution in [1.82, 2.24) is 5.32 Å². The largest absolute Gasteiger partial charge is 0.392 e. The number of hydrogen-bond donors (Lipinski definition) is 2. The Morgan fingerprint density at radius 1 is 1.50 bits per heavy atom. The molecule has 0 bridgehead atoms. The third-order valence-corrected chi connectivity index (χ3v) is 3.25. The van der Waals surface area contributed by atoms with E-state index in [1.165, 1.54) is 0 Å². The van der Waals surface area contributed by atoms with E-state index in [0.717, 1.165) is 17.7 Å². The number of nitrogens with one attached hydrogen (secondary N) is 1. The molecule has 0 saturated heterocycles. The van der Waals surface area contributed by atoms with Gasteiger partial charge in [0.1, 0.15) is 0 Å². The number of aliphatic hydroxyl groups excluding tert-OH is 1. The predicted molar refractivity (Wildman–Crippen MR) is 67.7 cm³/mol. The molecule has 2 atom stereocenters. The van der Waals surface area contributed by atoms with E-state index in [4.69, 9.17) is 5.11 Å². The number of hydrogen-bond acceptors (Lipinski definition) is 3. The average molecular weight is 241 g/mol. The van der Waals surface area contributed by atoms with E-state index in [0.29, 0.717) is 5.75 Å². The minimum absolute atomic E-state index is 0.0690. The summed E-state index contributed by atoms with van der Waals surface area (Å²) < 4.78 is 10.9. The first-order valence-corrected chi connectivity index (χ1v) is 7.09. The van der Waals surface area contributed by atoms with Crippen molar-refractivity contribution in [3.05, 3.63) is 35.4 Å². The Morgan fingerprint density at radius 3 is 2.88 bits per heavy atom. The fraction of sp³-hybridized carbons (Fsp3) is 0.500. The van der Waals surface area contributed by atoms with Crippen LogP contribution in [0.25, 0.3) is 0 Å². The highest BCUT2D eigenvalue weighted by atomic mass is 32.2. The molecular weight excluding hydrogens is 222 g/mol. The van der Waals surface area contributed by atoms with Gasteiger partial charge in [-0.1, -0.05) is 24.3 Å². The van der Waals surface area contributed by atoms with Crippen molar-refractivity contribution in [2.45, 2.75) is 19.6 Å². The monoisotopic (exact) mass is 241 g/mol. The molecular formula is C12H19NO2S. The van der Waals surface area contributed by atoms with Gasteiger partial charge in [0.05, 0.1) is 6.61 Å². The molecule has 16 heavy (non-hydrogen) atoms. The molecule has 90 valence electrons. The van der Waals surface area contributed by atoms with Crippen molar-refractivity contribution in [2.75, 3.05) is 18.6 Å². The first-order valence-electron chi connectivity index (χ1n) is 5.36. The van der Waals surface area contributed by atoms with Crippen LogP contribution in [0.15, 0.2) is 24.3 Å². The Kier molecular flexibility index (Phi) is 5.66. The van der Waals surface area contributed by atoms with E-state index in [1.807, 2.05) is 24.3 Å². The molecule has 1 aromatic rings. The summed E-state index contributed by atoms with van der Waals surface area (Å²) in [6, 6.07) is 8.07. The van der Waals surface area contributed by atoms with Crippen molar-refractivity contribution in [2.24, 2.45) is 0 Å². The minimum Gasteiger partial charge on any atom is -0.392 e. The van der Waals surface area contributed by atoms with Gasteiger partial charge in [0.2, 0.25) is 0 Å². The topological polar surface area (TPSA) is 49.3 Å². The average Bonchev–Trinajstić information content (AvgIpc) is 2.28. The van der Waals surface area contributed by atoms with Crippen LogP contribution in [0.3, 0.4) is 0 Å². The van der Waals surface area contributed by atoms with Crippen molar-refractivity contribution in [3.63, 3.8) is 0 Å². The van der Waals surface area contributed by atoms with Gasteiger partial charge in [0.15, 0.2) is 0 Å². The molecule has 2 N–H and O–H groups in total. The van der Waals surface area contributed by atoms with Crippen LogP contribution < -0.4 is 5.32 Å². The number of aliphatic hydroxyl groups is 1. The summed E-state index contributed by atoms with van der Waals surface area (Å²) in [6.45, 7) is 2.88. The third-order valence-electron chi connectivity index (χ3n) is 2.47. The van der Waals surface area contributed by atoms with Gasteiger partial charge < -0.3 is 10.4 Å². The molecule has 4 heteroatoms. The lowest BCUT2D eigenvalue weighted by molar-refractivity contribution is 0.281. The third kappa shape index (κ3) is 4.43. The fourth-order valence-electron chi connectivity index (χ4n) is 1.50. The molecule has 0 spiro atoms. The lowest BCUT2D eigenvalue weighted by atomic mass is 10.1. The van der Waals surface area contributed by atoms with E-state index in [1.54, 1.807) is 6.26 Å². The van der Waals surface area contributed by atoms with Crippen molar-refractivity contribution in [1.29, 1.82) is 0 Å². The highest BCUT2D eigenvalue weighted by molar-refractivity contribution is 7.84. The maximum absolute atomic E-state index is 10.9. The number of benzene rings is 1. The van der Waals surface area contributed by atoms with Crippen LogP contribution in [0.4, 0.5) is 0 Å². The highest BCUT2D eigenvalue weighted by Crippen LogP contribution is 2.13. The van der Waals surface area contributed by atoms with E-state index >= 15 is 0 Å². The maximum atomic E-state index is 10.9. The molecule has 0 aromatic heterocycles. The second-order valence-corrected chi connectivity index (χ2v) is 5.41.